The Morgan fingerprint density at radius 1 is 1.43 bits per heavy atom. The lowest BCUT2D eigenvalue weighted by Gasteiger charge is -2.38. The van der Waals surface area contributed by atoms with Gasteiger partial charge in [0.15, 0.2) is 11.5 Å². The summed E-state index contributed by atoms with van der Waals surface area (Å²) in [6.45, 7) is 0.243. The molecule has 1 heterocycles. The lowest BCUT2D eigenvalue weighted by atomic mass is 9.79. The maximum absolute atomic E-state index is 11.7. The van der Waals surface area contributed by atoms with Crippen LogP contribution in [0.4, 0.5) is 0 Å². The van der Waals surface area contributed by atoms with E-state index in [1.165, 1.54) is 0 Å². The summed E-state index contributed by atoms with van der Waals surface area (Å²) in [4.78, 5) is 11.7. The topological polar surface area (TPSA) is 82.8 Å². The molecule has 6 heteroatoms. The van der Waals surface area contributed by atoms with Crippen molar-refractivity contribution in [3.63, 3.8) is 0 Å². The van der Waals surface area contributed by atoms with Crippen molar-refractivity contribution < 1.29 is 19.0 Å². The highest BCUT2D eigenvalue weighted by Crippen LogP contribution is 2.37. The van der Waals surface area contributed by atoms with Gasteiger partial charge in [-0.05, 0) is 38.4 Å². The molecule has 0 aromatic heterocycles. The standard InChI is InChI=1S/C15H20N2O4/c1-17-15(14(16)18)6-2-3-11(8-15)21-10-4-5-12-13(7-10)20-9-19-12/h4-5,7,11,17H,2-3,6,8-9H2,1H3,(H2,16,18). The van der Waals surface area contributed by atoms with Gasteiger partial charge in [0.1, 0.15) is 17.4 Å². The minimum atomic E-state index is -0.667. The number of likely N-dealkylation sites (N-methyl/N-ethyl adjacent to an activating group) is 1. The van der Waals surface area contributed by atoms with Gasteiger partial charge in [0.25, 0.3) is 0 Å². The van der Waals surface area contributed by atoms with Gasteiger partial charge in [-0.3, -0.25) is 4.79 Å². The minimum Gasteiger partial charge on any atom is -0.490 e. The number of carbonyl (C=O) groups excluding carboxylic acids is 1. The fraction of sp³-hybridized carbons (Fsp3) is 0.533. The third-order valence-corrected chi connectivity index (χ3v) is 4.30. The summed E-state index contributed by atoms with van der Waals surface area (Å²) in [6.07, 6.45) is 3.09. The first-order valence-corrected chi connectivity index (χ1v) is 7.18. The zero-order chi connectivity index (χ0) is 14.9. The van der Waals surface area contributed by atoms with Crippen molar-refractivity contribution in [2.45, 2.75) is 37.3 Å². The van der Waals surface area contributed by atoms with Crippen LogP contribution in [0.5, 0.6) is 17.2 Å². The summed E-state index contributed by atoms with van der Waals surface area (Å²) >= 11 is 0. The summed E-state index contributed by atoms with van der Waals surface area (Å²) in [5, 5.41) is 3.08. The lowest BCUT2D eigenvalue weighted by Crippen LogP contribution is -2.58. The molecule has 1 aliphatic carbocycles. The number of hydrogen-bond acceptors (Lipinski definition) is 5. The van der Waals surface area contributed by atoms with Crippen molar-refractivity contribution in [2.75, 3.05) is 13.8 Å². The second-order valence-corrected chi connectivity index (χ2v) is 5.55. The summed E-state index contributed by atoms with van der Waals surface area (Å²) in [6, 6.07) is 5.51. The van der Waals surface area contributed by atoms with E-state index in [1.54, 1.807) is 7.05 Å². The van der Waals surface area contributed by atoms with Crippen LogP contribution in [0.15, 0.2) is 18.2 Å². The van der Waals surface area contributed by atoms with Crippen molar-refractivity contribution in [1.82, 2.24) is 5.32 Å². The Morgan fingerprint density at radius 2 is 2.24 bits per heavy atom. The Labute approximate surface area is 123 Å². The minimum absolute atomic E-state index is 0.0425. The molecule has 0 radical (unpaired) electrons. The van der Waals surface area contributed by atoms with Crippen LogP contribution in [0.25, 0.3) is 0 Å². The largest absolute Gasteiger partial charge is 0.490 e. The van der Waals surface area contributed by atoms with Gasteiger partial charge in [-0.25, -0.2) is 0 Å². The Balaban J connectivity index is 1.71. The van der Waals surface area contributed by atoms with Gasteiger partial charge in [0, 0.05) is 12.5 Å². The van der Waals surface area contributed by atoms with Crippen molar-refractivity contribution in [3.8, 4) is 17.2 Å². The molecule has 1 saturated carbocycles. The molecule has 1 aromatic carbocycles. The number of ether oxygens (including phenoxy) is 3. The van der Waals surface area contributed by atoms with Crippen LogP contribution in [0.2, 0.25) is 0 Å². The molecule has 1 aliphatic heterocycles. The van der Waals surface area contributed by atoms with Gasteiger partial charge in [-0.2, -0.15) is 0 Å². The predicted molar refractivity (Wildman–Crippen MR) is 76.4 cm³/mol. The zero-order valence-electron chi connectivity index (χ0n) is 12.1. The molecule has 6 nitrogen and oxygen atoms in total. The van der Waals surface area contributed by atoms with E-state index < -0.39 is 5.54 Å². The number of amides is 1. The maximum atomic E-state index is 11.7. The molecule has 1 aromatic rings. The second kappa shape index (κ2) is 5.44. The Morgan fingerprint density at radius 3 is 3.00 bits per heavy atom. The van der Waals surface area contributed by atoms with E-state index >= 15 is 0 Å². The number of nitrogens with two attached hydrogens (primary N) is 1. The van der Waals surface area contributed by atoms with Crippen LogP contribution in [0.1, 0.15) is 25.7 Å². The van der Waals surface area contributed by atoms with Gasteiger partial charge >= 0.3 is 0 Å². The van der Waals surface area contributed by atoms with E-state index in [1.807, 2.05) is 18.2 Å². The van der Waals surface area contributed by atoms with Crippen molar-refractivity contribution in [1.29, 1.82) is 0 Å². The molecule has 2 atom stereocenters. The number of rotatable bonds is 4. The average molecular weight is 292 g/mol. The Hall–Kier alpha value is -1.95. The van der Waals surface area contributed by atoms with Gasteiger partial charge in [-0.15, -0.1) is 0 Å². The van der Waals surface area contributed by atoms with Gasteiger partial charge in [0.05, 0.1) is 0 Å². The second-order valence-electron chi connectivity index (χ2n) is 5.55. The monoisotopic (exact) mass is 292 g/mol. The molecule has 1 amide bonds. The fourth-order valence-electron chi connectivity index (χ4n) is 3.04. The van der Waals surface area contributed by atoms with Crippen molar-refractivity contribution >= 4 is 5.91 Å². The van der Waals surface area contributed by atoms with Gasteiger partial charge < -0.3 is 25.3 Å². The Bertz CT molecular complexity index is 548. The summed E-state index contributed by atoms with van der Waals surface area (Å²) in [7, 11) is 1.77. The smallest absolute Gasteiger partial charge is 0.237 e. The third kappa shape index (κ3) is 2.63. The molecular weight excluding hydrogens is 272 g/mol. The molecule has 1 fully saturated rings. The van der Waals surface area contributed by atoms with E-state index in [0.29, 0.717) is 12.2 Å². The van der Waals surface area contributed by atoms with E-state index in [2.05, 4.69) is 5.32 Å². The molecule has 3 N–H and O–H groups in total. The molecular formula is C15H20N2O4. The van der Waals surface area contributed by atoms with E-state index in [4.69, 9.17) is 19.9 Å². The normalized spacial score (nSPS) is 27.4. The third-order valence-electron chi connectivity index (χ3n) is 4.30. The van der Waals surface area contributed by atoms with Gasteiger partial charge in [0.2, 0.25) is 12.7 Å². The van der Waals surface area contributed by atoms with Gasteiger partial charge in [-0.1, -0.05) is 0 Å². The average Bonchev–Trinajstić information content (AvgIpc) is 2.94. The molecule has 2 aliphatic rings. The maximum Gasteiger partial charge on any atom is 0.237 e. The summed E-state index contributed by atoms with van der Waals surface area (Å²) < 4.78 is 16.6. The Kier molecular flexibility index (Phi) is 3.63. The molecule has 21 heavy (non-hydrogen) atoms. The molecule has 2 unspecified atom stereocenters. The summed E-state index contributed by atoms with van der Waals surface area (Å²) in [5.74, 6) is 1.83. The highest BCUT2D eigenvalue weighted by atomic mass is 16.7. The van der Waals surface area contributed by atoms with Crippen molar-refractivity contribution in [3.05, 3.63) is 18.2 Å². The SMILES string of the molecule is CNC1(C(N)=O)CCCC(Oc2ccc3c(c2)OCO3)C1. The lowest BCUT2D eigenvalue weighted by molar-refractivity contribution is -0.126. The van der Waals surface area contributed by atoms with E-state index in [0.717, 1.165) is 30.8 Å². The highest BCUT2D eigenvalue weighted by molar-refractivity contribution is 5.84. The van der Waals surface area contributed by atoms with Crippen LogP contribution < -0.4 is 25.3 Å². The molecule has 0 saturated heterocycles. The van der Waals surface area contributed by atoms with Crippen LogP contribution in [-0.4, -0.2) is 31.4 Å². The number of benzene rings is 1. The van der Waals surface area contributed by atoms with Crippen LogP contribution in [0.3, 0.4) is 0 Å². The number of carbonyl (C=O) groups is 1. The first kappa shape index (κ1) is 14.0. The predicted octanol–water partition coefficient (Wildman–Crippen LogP) is 1.18. The number of fused-ring (bicyclic) bond motifs is 1. The molecule has 3 rings (SSSR count). The first-order chi connectivity index (χ1) is 10.1. The fourth-order valence-corrected chi connectivity index (χ4v) is 3.04. The van der Waals surface area contributed by atoms with Crippen LogP contribution in [-0.2, 0) is 4.79 Å². The van der Waals surface area contributed by atoms with Crippen LogP contribution >= 0.6 is 0 Å². The molecule has 0 bridgehead atoms. The quantitative estimate of drug-likeness (QED) is 0.870. The highest BCUT2D eigenvalue weighted by Gasteiger charge is 2.41. The number of primary amides is 1. The van der Waals surface area contributed by atoms with Crippen molar-refractivity contribution in [2.24, 2.45) is 5.73 Å². The zero-order valence-corrected chi connectivity index (χ0v) is 12.1. The number of nitrogens with one attached hydrogen (secondary N) is 1. The van der Waals surface area contributed by atoms with E-state index in [9.17, 15) is 4.79 Å². The summed E-state index contributed by atoms with van der Waals surface area (Å²) in [5.41, 5.74) is 4.88. The van der Waals surface area contributed by atoms with Crippen LogP contribution in [0, 0.1) is 0 Å². The molecule has 0 spiro atoms. The first-order valence-electron chi connectivity index (χ1n) is 7.18. The van der Waals surface area contributed by atoms with E-state index in [-0.39, 0.29) is 18.8 Å². The molecule has 114 valence electrons. The number of hydrogen-bond donors (Lipinski definition) is 2.